The van der Waals surface area contributed by atoms with Crippen LogP contribution in [0.5, 0.6) is 0 Å². The van der Waals surface area contributed by atoms with Gasteiger partial charge in [-0.25, -0.2) is 0 Å². The third-order valence-corrected chi connectivity index (χ3v) is 4.73. The topological polar surface area (TPSA) is 90.1 Å². The predicted molar refractivity (Wildman–Crippen MR) is 106 cm³/mol. The fourth-order valence-electron chi connectivity index (χ4n) is 3.15. The number of carbonyl (C=O) groups is 1. The lowest BCUT2D eigenvalue weighted by Gasteiger charge is -2.26. The highest BCUT2D eigenvalue weighted by atomic mass is 35.5. The van der Waals surface area contributed by atoms with Crippen LogP contribution in [0.4, 0.5) is 5.69 Å². The molecule has 0 aliphatic carbocycles. The molecule has 1 aromatic heterocycles. The van der Waals surface area contributed by atoms with E-state index >= 15 is 0 Å². The Bertz CT molecular complexity index is 975. The molecule has 144 valence electrons. The molecule has 0 fully saturated rings. The van der Waals surface area contributed by atoms with Crippen LogP contribution in [0.25, 0.3) is 0 Å². The maximum atomic E-state index is 12.6. The van der Waals surface area contributed by atoms with Crippen molar-refractivity contribution < 1.29 is 9.72 Å². The van der Waals surface area contributed by atoms with Crippen molar-refractivity contribution in [3.63, 3.8) is 0 Å². The summed E-state index contributed by atoms with van der Waals surface area (Å²) >= 11 is 6.38. The minimum absolute atomic E-state index is 0.0381. The van der Waals surface area contributed by atoms with Crippen molar-refractivity contribution in [3.05, 3.63) is 93.3 Å². The molecule has 1 heterocycles. The first-order valence-electron chi connectivity index (χ1n) is 8.72. The van der Waals surface area contributed by atoms with Crippen LogP contribution < -0.4 is 5.32 Å². The summed E-state index contributed by atoms with van der Waals surface area (Å²) in [7, 11) is 0. The first-order valence-corrected chi connectivity index (χ1v) is 9.09. The first-order chi connectivity index (χ1) is 13.5. The molecule has 0 aliphatic rings. The van der Waals surface area contributed by atoms with Crippen molar-refractivity contribution in [2.24, 2.45) is 0 Å². The lowest BCUT2D eigenvalue weighted by atomic mass is 10.00. The maximum Gasteiger partial charge on any atom is 0.269 e. The number of amides is 1. The average Bonchev–Trinajstić information content (AvgIpc) is 3.18. The summed E-state index contributed by atoms with van der Waals surface area (Å²) < 4.78 is 1.75. The minimum atomic E-state index is -0.477. The molecule has 8 heteroatoms. The number of nitro groups is 1. The van der Waals surface area contributed by atoms with Crippen molar-refractivity contribution in [1.29, 1.82) is 0 Å². The van der Waals surface area contributed by atoms with Gasteiger partial charge in [0.1, 0.15) is 0 Å². The van der Waals surface area contributed by atoms with Gasteiger partial charge in [0.25, 0.3) is 5.69 Å². The van der Waals surface area contributed by atoms with E-state index in [1.165, 1.54) is 12.1 Å². The summed E-state index contributed by atoms with van der Waals surface area (Å²) in [4.78, 5) is 23.0. The Labute approximate surface area is 167 Å². The van der Waals surface area contributed by atoms with Crippen LogP contribution in [-0.2, 0) is 11.2 Å². The van der Waals surface area contributed by atoms with E-state index in [1.54, 1.807) is 29.1 Å². The SMILES string of the molecule is CC(NC(=O)Cc1cccc([N+](=O)[O-])c1)C(c1ccccc1Cl)n1cccn1. The van der Waals surface area contributed by atoms with E-state index in [-0.39, 0.29) is 30.1 Å². The van der Waals surface area contributed by atoms with E-state index < -0.39 is 4.92 Å². The van der Waals surface area contributed by atoms with Gasteiger partial charge < -0.3 is 5.32 Å². The fourth-order valence-corrected chi connectivity index (χ4v) is 3.40. The van der Waals surface area contributed by atoms with Gasteiger partial charge in [-0.15, -0.1) is 0 Å². The van der Waals surface area contributed by atoms with Crippen LogP contribution >= 0.6 is 11.6 Å². The van der Waals surface area contributed by atoms with E-state index in [2.05, 4.69) is 10.4 Å². The number of hydrogen-bond acceptors (Lipinski definition) is 4. The number of hydrogen-bond donors (Lipinski definition) is 1. The van der Waals surface area contributed by atoms with E-state index in [1.807, 2.05) is 37.4 Å². The van der Waals surface area contributed by atoms with Crippen molar-refractivity contribution >= 4 is 23.2 Å². The van der Waals surface area contributed by atoms with Gasteiger partial charge >= 0.3 is 0 Å². The monoisotopic (exact) mass is 398 g/mol. The molecule has 0 saturated carbocycles. The molecule has 2 aromatic carbocycles. The van der Waals surface area contributed by atoms with Crippen LogP contribution in [-0.4, -0.2) is 26.7 Å². The molecule has 28 heavy (non-hydrogen) atoms. The molecule has 7 nitrogen and oxygen atoms in total. The van der Waals surface area contributed by atoms with Gasteiger partial charge in [-0.2, -0.15) is 5.10 Å². The number of rotatable bonds is 7. The molecule has 0 saturated heterocycles. The van der Waals surface area contributed by atoms with Gasteiger partial charge in [-0.05, 0) is 30.2 Å². The quantitative estimate of drug-likeness (QED) is 0.484. The molecule has 2 unspecified atom stereocenters. The van der Waals surface area contributed by atoms with Crippen molar-refractivity contribution in [2.45, 2.75) is 25.4 Å². The highest BCUT2D eigenvalue weighted by molar-refractivity contribution is 6.31. The summed E-state index contributed by atoms with van der Waals surface area (Å²) in [6.45, 7) is 1.88. The Balaban J connectivity index is 1.78. The Hall–Kier alpha value is -3.19. The van der Waals surface area contributed by atoms with Gasteiger partial charge in [0.15, 0.2) is 0 Å². The summed E-state index contributed by atoms with van der Waals surface area (Å²) in [5.74, 6) is -0.239. The zero-order valence-electron chi connectivity index (χ0n) is 15.2. The molecule has 2 atom stereocenters. The Kier molecular flexibility index (Phi) is 6.06. The van der Waals surface area contributed by atoms with E-state index in [9.17, 15) is 14.9 Å². The van der Waals surface area contributed by atoms with Gasteiger partial charge in [-0.1, -0.05) is 41.9 Å². The highest BCUT2D eigenvalue weighted by Gasteiger charge is 2.25. The maximum absolute atomic E-state index is 12.6. The van der Waals surface area contributed by atoms with Crippen molar-refractivity contribution in [3.8, 4) is 0 Å². The first kappa shape index (κ1) is 19.6. The van der Waals surface area contributed by atoms with Gasteiger partial charge in [0, 0.05) is 29.5 Å². The fraction of sp³-hybridized carbons (Fsp3) is 0.200. The number of aromatic nitrogens is 2. The number of benzene rings is 2. The number of carbonyl (C=O) groups excluding carboxylic acids is 1. The molecule has 1 amide bonds. The van der Waals surface area contributed by atoms with Gasteiger partial charge in [0.2, 0.25) is 5.91 Å². The summed E-state index contributed by atoms with van der Waals surface area (Å²) in [6, 6.07) is 14.7. The van der Waals surface area contributed by atoms with Crippen LogP contribution in [0.3, 0.4) is 0 Å². The molecule has 3 rings (SSSR count). The lowest BCUT2D eigenvalue weighted by Crippen LogP contribution is -2.40. The second-order valence-corrected chi connectivity index (χ2v) is 6.82. The van der Waals surface area contributed by atoms with Gasteiger partial charge in [0.05, 0.1) is 23.4 Å². The van der Waals surface area contributed by atoms with Crippen LogP contribution in [0.2, 0.25) is 5.02 Å². The number of nitro benzene ring substituents is 1. The summed E-state index contributed by atoms with van der Waals surface area (Å²) in [6.07, 6.45) is 3.53. The summed E-state index contributed by atoms with van der Waals surface area (Å²) in [5.41, 5.74) is 1.38. The van der Waals surface area contributed by atoms with Crippen molar-refractivity contribution in [2.75, 3.05) is 0 Å². The summed E-state index contributed by atoms with van der Waals surface area (Å²) in [5, 5.41) is 18.8. The van der Waals surface area contributed by atoms with Crippen LogP contribution in [0, 0.1) is 10.1 Å². The Morgan fingerprint density at radius 1 is 1.25 bits per heavy atom. The molecule has 0 aliphatic heterocycles. The number of nitrogens with zero attached hydrogens (tertiary/aromatic N) is 3. The number of halogens is 1. The predicted octanol–water partition coefficient (Wildman–Crippen LogP) is 3.78. The lowest BCUT2D eigenvalue weighted by molar-refractivity contribution is -0.384. The average molecular weight is 399 g/mol. The molecule has 1 N–H and O–H groups in total. The molecule has 3 aromatic rings. The van der Waals surface area contributed by atoms with E-state index in [0.29, 0.717) is 10.6 Å². The molecule has 0 spiro atoms. The third-order valence-electron chi connectivity index (χ3n) is 4.38. The standard InChI is InChI=1S/C20H19ClN4O3/c1-14(23-19(26)13-15-6-4-7-16(12-15)25(27)28)20(24-11-5-10-22-24)17-8-2-3-9-18(17)21/h2-12,14,20H,13H2,1H3,(H,23,26). The molecule has 0 radical (unpaired) electrons. The molecule has 0 bridgehead atoms. The largest absolute Gasteiger partial charge is 0.351 e. The molecular weight excluding hydrogens is 380 g/mol. The van der Waals surface area contributed by atoms with Crippen LogP contribution in [0.15, 0.2) is 67.0 Å². The Morgan fingerprint density at radius 3 is 2.71 bits per heavy atom. The minimum Gasteiger partial charge on any atom is -0.351 e. The van der Waals surface area contributed by atoms with E-state index in [0.717, 1.165) is 5.56 Å². The number of nitrogens with one attached hydrogen (secondary N) is 1. The second-order valence-electron chi connectivity index (χ2n) is 6.41. The van der Waals surface area contributed by atoms with E-state index in [4.69, 9.17) is 11.6 Å². The smallest absolute Gasteiger partial charge is 0.269 e. The van der Waals surface area contributed by atoms with Gasteiger partial charge in [-0.3, -0.25) is 19.6 Å². The highest BCUT2D eigenvalue weighted by Crippen LogP contribution is 2.28. The third kappa shape index (κ3) is 4.55. The normalized spacial score (nSPS) is 12.9. The van der Waals surface area contributed by atoms with Crippen molar-refractivity contribution in [1.82, 2.24) is 15.1 Å². The zero-order valence-corrected chi connectivity index (χ0v) is 15.9. The Morgan fingerprint density at radius 2 is 2.04 bits per heavy atom. The number of non-ortho nitro benzene ring substituents is 1. The second kappa shape index (κ2) is 8.67. The van der Waals surface area contributed by atoms with Crippen LogP contribution in [0.1, 0.15) is 24.1 Å². The zero-order chi connectivity index (χ0) is 20.1. The molecular formula is C20H19ClN4O3.